The van der Waals surface area contributed by atoms with Gasteiger partial charge in [-0.05, 0) is 33.6 Å². The van der Waals surface area contributed by atoms with Crippen LogP contribution in [0.15, 0.2) is 0 Å². The first-order chi connectivity index (χ1) is 8.81. The van der Waals surface area contributed by atoms with Gasteiger partial charge in [0.1, 0.15) is 5.60 Å². The maximum atomic E-state index is 11.9. The number of nitrogens with zero attached hydrogens (tertiary/aromatic N) is 1. The molecule has 1 fully saturated rings. The third kappa shape index (κ3) is 5.92. The number of carbonyl (C=O) groups excluding carboxylic acids is 2. The van der Waals surface area contributed by atoms with Gasteiger partial charge in [0, 0.05) is 19.1 Å². The summed E-state index contributed by atoms with van der Waals surface area (Å²) in [6.07, 6.45) is 1.55. The highest BCUT2D eigenvalue weighted by Crippen LogP contribution is 2.15. The number of rotatable bonds is 3. The van der Waals surface area contributed by atoms with Crippen LogP contribution in [0, 0.1) is 0 Å². The molecule has 0 spiro atoms. The smallest absolute Gasteiger partial charge is 0.410 e. The minimum absolute atomic E-state index is 0.111. The lowest BCUT2D eigenvalue weighted by atomic mass is 10.1. The van der Waals surface area contributed by atoms with Gasteiger partial charge in [-0.1, -0.05) is 0 Å². The third-order valence-corrected chi connectivity index (χ3v) is 2.84. The first kappa shape index (κ1) is 15.8. The summed E-state index contributed by atoms with van der Waals surface area (Å²) in [7, 11) is 1.36. The Morgan fingerprint density at radius 1 is 1.37 bits per heavy atom. The second kappa shape index (κ2) is 6.75. The fraction of sp³-hybridized carbons (Fsp3) is 0.846. The number of likely N-dealkylation sites (tertiary alicyclic amines) is 1. The average molecular weight is 272 g/mol. The second-order valence-corrected chi connectivity index (χ2v) is 5.72. The van der Waals surface area contributed by atoms with Crippen LogP contribution in [-0.2, 0) is 14.3 Å². The molecular weight excluding hydrogens is 248 g/mol. The number of nitrogens with one attached hydrogen (secondary N) is 1. The van der Waals surface area contributed by atoms with Gasteiger partial charge in [0.05, 0.1) is 13.7 Å². The summed E-state index contributed by atoms with van der Waals surface area (Å²) in [5, 5.41) is 3.10. The summed E-state index contributed by atoms with van der Waals surface area (Å²) >= 11 is 0. The number of esters is 1. The van der Waals surface area contributed by atoms with E-state index in [0.29, 0.717) is 13.1 Å². The molecule has 1 N–H and O–H groups in total. The summed E-state index contributed by atoms with van der Waals surface area (Å²) in [6, 6.07) is 0.111. The average Bonchev–Trinajstić information content (AvgIpc) is 2.34. The zero-order valence-electron chi connectivity index (χ0n) is 12.2. The zero-order chi connectivity index (χ0) is 14.5. The molecule has 0 aromatic heterocycles. The van der Waals surface area contributed by atoms with Crippen LogP contribution < -0.4 is 5.32 Å². The van der Waals surface area contributed by atoms with Crippen molar-refractivity contribution in [3.05, 3.63) is 0 Å². The molecule has 1 rings (SSSR count). The molecule has 1 unspecified atom stereocenters. The Morgan fingerprint density at radius 3 is 2.63 bits per heavy atom. The first-order valence-corrected chi connectivity index (χ1v) is 6.60. The molecule has 0 aromatic carbocycles. The van der Waals surface area contributed by atoms with E-state index in [1.54, 1.807) is 4.90 Å². The summed E-state index contributed by atoms with van der Waals surface area (Å²) in [5.74, 6) is -0.297. The van der Waals surface area contributed by atoms with Gasteiger partial charge in [0.25, 0.3) is 0 Å². The van der Waals surface area contributed by atoms with Gasteiger partial charge in [-0.2, -0.15) is 0 Å². The number of methoxy groups -OCH3 is 1. The predicted molar refractivity (Wildman–Crippen MR) is 70.8 cm³/mol. The number of ether oxygens (including phenoxy) is 2. The van der Waals surface area contributed by atoms with Crippen molar-refractivity contribution in [2.24, 2.45) is 0 Å². The number of amides is 1. The van der Waals surface area contributed by atoms with Crippen molar-refractivity contribution < 1.29 is 19.1 Å². The fourth-order valence-corrected chi connectivity index (χ4v) is 1.94. The Kier molecular flexibility index (Phi) is 5.60. The highest BCUT2D eigenvalue weighted by molar-refractivity contribution is 5.71. The van der Waals surface area contributed by atoms with Crippen molar-refractivity contribution in [2.45, 2.75) is 45.3 Å². The van der Waals surface area contributed by atoms with Crippen LogP contribution in [0.3, 0.4) is 0 Å². The largest absolute Gasteiger partial charge is 0.468 e. The molecule has 1 amide bonds. The van der Waals surface area contributed by atoms with E-state index in [4.69, 9.17) is 4.74 Å². The van der Waals surface area contributed by atoms with Crippen LogP contribution in [0.2, 0.25) is 0 Å². The standard InChI is InChI=1S/C13H24N2O4/c1-13(2,3)19-12(17)15-7-5-6-10(9-15)14-8-11(16)18-4/h10,14H,5-9H2,1-4H3. The Bertz CT molecular complexity index is 325. The van der Waals surface area contributed by atoms with Crippen LogP contribution in [0.5, 0.6) is 0 Å². The molecule has 1 aliphatic heterocycles. The molecule has 0 radical (unpaired) electrons. The lowest BCUT2D eigenvalue weighted by molar-refractivity contribution is -0.139. The molecule has 0 bridgehead atoms. The van der Waals surface area contributed by atoms with E-state index in [2.05, 4.69) is 10.1 Å². The van der Waals surface area contributed by atoms with E-state index < -0.39 is 5.60 Å². The third-order valence-electron chi connectivity index (χ3n) is 2.84. The van der Waals surface area contributed by atoms with E-state index in [1.807, 2.05) is 20.8 Å². The van der Waals surface area contributed by atoms with Crippen molar-refractivity contribution in [1.82, 2.24) is 10.2 Å². The molecule has 0 saturated carbocycles. The van der Waals surface area contributed by atoms with E-state index in [1.165, 1.54) is 7.11 Å². The number of carbonyl (C=O) groups is 2. The molecule has 1 heterocycles. The van der Waals surface area contributed by atoms with Crippen molar-refractivity contribution in [1.29, 1.82) is 0 Å². The van der Waals surface area contributed by atoms with Gasteiger partial charge < -0.3 is 19.7 Å². The SMILES string of the molecule is COC(=O)CNC1CCCN(C(=O)OC(C)(C)C)C1. The van der Waals surface area contributed by atoms with Crippen LogP contribution in [0.25, 0.3) is 0 Å². The first-order valence-electron chi connectivity index (χ1n) is 6.60. The molecule has 0 aromatic rings. The Balaban J connectivity index is 2.41. The second-order valence-electron chi connectivity index (χ2n) is 5.72. The molecule has 0 aliphatic carbocycles. The summed E-state index contributed by atoms with van der Waals surface area (Å²) in [6.45, 7) is 6.98. The van der Waals surface area contributed by atoms with Crippen LogP contribution >= 0.6 is 0 Å². The molecule has 1 aliphatic rings. The van der Waals surface area contributed by atoms with Crippen molar-refractivity contribution >= 4 is 12.1 Å². The topological polar surface area (TPSA) is 67.9 Å². The molecular formula is C13H24N2O4. The van der Waals surface area contributed by atoms with Crippen LogP contribution in [0.1, 0.15) is 33.6 Å². The fourth-order valence-electron chi connectivity index (χ4n) is 1.94. The Labute approximate surface area is 114 Å². The molecule has 110 valence electrons. The van der Waals surface area contributed by atoms with E-state index >= 15 is 0 Å². The van der Waals surface area contributed by atoms with Crippen molar-refractivity contribution in [3.63, 3.8) is 0 Å². The highest BCUT2D eigenvalue weighted by atomic mass is 16.6. The lowest BCUT2D eigenvalue weighted by Crippen LogP contribution is -2.50. The lowest BCUT2D eigenvalue weighted by Gasteiger charge is -2.34. The van der Waals surface area contributed by atoms with E-state index in [0.717, 1.165) is 12.8 Å². The molecule has 6 nitrogen and oxygen atoms in total. The monoisotopic (exact) mass is 272 g/mol. The minimum Gasteiger partial charge on any atom is -0.468 e. The molecule has 19 heavy (non-hydrogen) atoms. The molecule has 1 saturated heterocycles. The maximum Gasteiger partial charge on any atom is 0.410 e. The van der Waals surface area contributed by atoms with Crippen molar-refractivity contribution in [2.75, 3.05) is 26.7 Å². The van der Waals surface area contributed by atoms with E-state index in [-0.39, 0.29) is 24.6 Å². The van der Waals surface area contributed by atoms with Gasteiger partial charge in [-0.15, -0.1) is 0 Å². The highest BCUT2D eigenvalue weighted by Gasteiger charge is 2.27. The number of hydrogen-bond donors (Lipinski definition) is 1. The van der Waals surface area contributed by atoms with Crippen LogP contribution in [-0.4, -0.2) is 55.3 Å². The van der Waals surface area contributed by atoms with Gasteiger partial charge in [0.2, 0.25) is 0 Å². The van der Waals surface area contributed by atoms with E-state index in [9.17, 15) is 9.59 Å². The number of hydrogen-bond acceptors (Lipinski definition) is 5. The Morgan fingerprint density at radius 2 is 2.05 bits per heavy atom. The maximum absolute atomic E-state index is 11.9. The zero-order valence-corrected chi connectivity index (χ0v) is 12.2. The number of piperidine rings is 1. The van der Waals surface area contributed by atoms with Gasteiger partial charge >= 0.3 is 12.1 Å². The molecule has 6 heteroatoms. The molecule has 1 atom stereocenters. The van der Waals surface area contributed by atoms with Crippen molar-refractivity contribution in [3.8, 4) is 0 Å². The van der Waals surface area contributed by atoms with Gasteiger partial charge in [0.15, 0.2) is 0 Å². The quantitative estimate of drug-likeness (QED) is 0.781. The minimum atomic E-state index is -0.483. The predicted octanol–water partition coefficient (Wildman–Crippen LogP) is 1.15. The van der Waals surface area contributed by atoms with Crippen LogP contribution in [0.4, 0.5) is 4.79 Å². The normalized spacial score (nSPS) is 20.0. The van der Waals surface area contributed by atoms with Gasteiger partial charge in [-0.25, -0.2) is 4.79 Å². The summed E-state index contributed by atoms with van der Waals surface area (Å²) in [5.41, 5.74) is -0.483. The summed E-state index contributed by atoms with van der Waals surface area (Å²) in [4.78, 5) is 24.7. The Hall–Kier alpha value is -1.30. The van der Waals surface area contributed by atoms with Gasteiger partial charge in [-0.3, -0.25) is 4.79 Å². The summed E-state index contributed by atoms with van der Waals surface area (Å²) < 4.78 is 9.91.